The first-order chi connectivity index (χ1) is 18.4. The van der Waals surface area contributed by atoms with Gasteiger partial charge in [0.15, 0.2) is 0 Å². The summed E-state index contributed by atoms with van der Waals surface area (Å²) in [5.74, 6) is 0.340. The third-order valence-electron chi connectivity index (χ3n) is 6.38. The molecule has 1 aromatic carbocycles. The van der Waals surface area contributed by atoms with Crippen LogP contribution >= 0.6 is 15.9 Å². The average molecular weight is 579 g/mol. The van der Waals surface area contributed by atoms with Gasteiger partial charge in [-0.2, -0.15) is 10.2 Å². The molecule has 1 aliphatic heterocycles. The van der Waals surface area contributed by atoms with Gasteiger partial charge in [-0.15, -0.1) is 0 Å². The number of esters is 1. The van der Waals surface area contributed by atoms with Gasteiger partial charge in [-0.1, -0.05) is 12.1 Å². The predicted octanol–water partition coefficient (Wildman–Crippen LogP) is 4.19. The molecule has 0 N–H and O–H groups in total. The Hall–Kier alpha value is -4.01. The number of ether oxygens (including phenoxy) is 2. The quantitative estimate of drug-likeness (QED) is 0.301. The van der Waals surface area contributed by atoms with Gasteiger partial charge in [-0.05, 0) is 46.3 Å². The number of halogens is 2. The highest BCUT2D eigenvalue weighted by molar-refractivity contribution is 9.10. The first-order valence-electron chi connectivity index (χ1n) is 12.0. The van der Waals surface area contributed by atoms with E-state index in [4.69, 9.17) is 19.7 Å². The van der Waals surface area contributed by atoms with Crippen molar-refractivity contribution in [2.24, 2.45) is 0 Å². The molecule has 1 fully saturated rings. The number of imidazole rings is 1. The van der Waals surface area contributed by atoms with Gasteiger partial charge in [0, 0.05) is 50.6 Å². The van der Waals surface area contributed by atoms with Crippen LogP contribution in [0.15, 0.2) is 59.3 Å². The van der Waals surface area contributed by atoms with Crippen molar-refractivity contribution in [3.8, 4) is 11.9 Å². The van der Waals surface area contributed by atoms with Crippen molar-refractivity contribution in [1.82, 2.24) is 19.3 Å². The molecule has 1 saturated heterocycles. The zero-order chi connectivity index (χ0) is 26.6. The van der Waals surface area contributed by atoms with Crippen molar-refractivity contribution < 1.29 is 18.7 Å². The maximum atomic E-state index is 14.2. The smallest absolute Gasteiger partial charge is 0.339 e. The number of aromatic nitrogens is 3. The third kappa shape index (κ3) is 5.46. The van der Waals surface area contributed by atoms with E-state index in [-0.39, 0.29) is 12.2 Å². The van der Waals surface area contributed by atoms with Crippen molar-refractivity contribution in [2.75, 3.05) is 38.2 Å². The van der Waals surface area contributed by atoms with Crippen molar-refractivity contribution in [1.29, 1.82) is 5.26 Å². The number of nitriles is 1. The summed E-state index contributed by atoms with van der Waals surface area (Å²) in [6.07, 6.45) is 1.72. The Balaban J connectivity index is 1.19. The van der Waals surface area contributed by atoms with Gasteiger partial charge in [-0.25, -0.2) is 14.2 Å². The van der Waals surface area contributed by atoms with E-state index in [9.17, 15) is 9.18 Å². The molecule has 9 nitrogen and oxygen atoms in total. The Morgan fingerprint density at radius 2 is 1.95 bits per heavy atom. The van der Waals surface area contributed by atoms with E-state index in [1.807, 2.05) is 22.6 Å². The molecule has 0 aliphatic carbocycles. The largest absolute Gasteiger partial charge is 0.473 e. The number of rotatable bonds is 7. The Kier molecular flexibility index (Phi) is 7.53. The average Bonchev–Trinajstić information content (AvgIpc) is 3.26. The molecule has 5 rings (SSSR count). The van der Waals surface area contributed by atoms with Crippen LogP contribution in [0.3, 0.4) is 0 Å². The number of anilines is 1. The molecule has 0 spiro atoms. The number of benzene rings is 1. The van der Waals surface area contributed by atoms with Crippen molar-refractivity contribution in [2.45, 2.75) is 13.2 Å². The van der Waals surface area contributed by atoms with Crippen LogP contribution in [0.1, 0.15) is 27.2 Å². The van der Waals surface area contributed by atoms with Gasteiger partial charge in [0.25, 0.3) is 0 Å². The zero-order valence-electron chi connectivity index (χ0n) is 20.6. The SMILES string of the molecule is COC(=O)c1ccc2nc(CN3CCN(c4cccc(OCc5ccc(C#N)cc5F)n4)CC3)c(Br)n2c1. The van der Waals surface area contributed by atoms with Crippen LogP contribution in [-0.4, -0.2) is 58.5 Å². The lowest BCUT2D eigenvalue weighted by molar-refractivity contribution is 0.0600. The van der Waals surface area contributed by atoms with Gasteiger partial charge in [0.2, 0.25) is 5.88 Å². The van der Waals surface area contributed by atoms with Crippen LogP contribution < -0.4 is 9.64 Å². The second-order valence-corrected chi connectivity index (χ2v) is 9.54. The lowest BCUT2D eigenvalue weighted by atomic mass is 10.1. The summed E-state index contributed by atoms with van der Waals surface area (Å²) in [6.45, 7) is 3.87. The lowest BCUT2D eigenvalue weighted by Gasteiger charge is -2.35. The maximum Gasteiger partial charge on any atom is 0.339 e. The molecule has 4 heterocycles. The normalized spacial score (nSPS) is 13.9. The minimum absolute atomic E-state index is 0.0246. The summed E-state index contributed by atoms with van der Waals surface area (Å²) >= 11 is 3.63. The van der Waals surface area contributed by atoms with Gasteiger partial charge in [0.05, 0.1) is 30.0 Å². The molecule has 194 valence electrons. The molecule has 0 bridgehead atoms. The van der Waals surface area contributed by atoms with E-state index in [1.54, 1.807) is 36.5 Å². The van der Waals surface area contributed by atoms with Gasteiger partial charge < -0.3 is 14.4 Å². The Labute approximate surface area is 227 Å². The number of methoxy groups -OCH3 is 1. The molecular weight excluding hydrogens is 555 g/mol. The van der Waals surface area contributed by atoms with Crippen LogP contribution in [0.2, 0.25) is 0 Å². The monoisotopic (exact) mass is 578 g/mol. The van der Waals surface area contributed by atoms with Crippen molar-refractivity contribution >= 4 is 33.4 Å². The summed E-state index contributed by atoms with van der Waals surface area (Å²) in [5, 5.41) is 8.90. The number of carbonyl (C=O) groups excluding carboxylic acids is 1. The number of hydrogen-bond acceptors (Lipinski definition) is 8. The van der Waals surface area contributed by atoms with E-state index >= 15 is 0 Å². The summed E-state index contributed by atoms with van der Waals surface area (Å²) in [6, 6.07) is 15.3. The summed E-state index contributed by atoms with van der Waals surface area (Å²) in [7, 11) is 1.36. The lowest BCUT2D eigenvalue weighted by Crippen LogP contribution is -2.46. The summed E-state index contributed by atoms with van der Waals surface area (Å²) in [4.78, 5) is 25.7. The fraction of sp³-hybridized carbons (Fsp3) is 0.259. The second kappa shape index (κ2) is 11.2. The number of pyridine rings is 2. The van der Waals surface area contributed by atoms with E-state index in [1.165, 1.54) is 13.2 Å². The molecular formula is C27H24BrFN6O3. The highest BCUT2D eigenvalue weighted by Gasteiger charge is 2.21. The van der Waals surface area contributed by atoms with E-state index in [0.29, 0.717) is 23.6 Å². The van der Waals surface area contributed by atoms with Crippen molar-refractivity contribution in [3.63, 3.8) is 0 Å². The summed E-state index contributed by atoms with van der Waals surface area (Å²) < 4.78 is 27.4. The van der Waals surface area contributed by atoms with Crippen LogP contribution in [0.25, 0.3) is 5.65 Å². The minimum atomic E-state index is -0.475. The zero-order valence-corrected chi connectivity index (χ0v) is 22.2. The van der Waals surface area contributed by atoms with Crippen LogP contribution in [0, 0.1) is 17.1 Å². The number of piperazine rings is 1. The van der Waals surface area contributed by atoms with Crippen LogP contribution in [0.4, 0.5) is 10.2 Å². The first kappa shape index (κ1) is 25.6. The Bertz CT molecular complexity index is 1530. The Morgan fingerprint density at radius 1 is 1.13 bits per heavy atom. The highest BCUT2D eigenvalue weighted by Crippen LogP contribution is 2.24. The standard InChI is InChI=1S/C27H24BrFN6O3/c1-37-27(36)19-7-8-24-31-22(26(28)35(24)15-19)16-33-9-11-34(12-10-33)23-3-2-4-25(32-23)38-17-20-6-5-18(14-30)13-21(20)29/h2-8,13,15H,9-12,16-17H2,1H3. The van der Waals surface area contributed by atoms with E-state index < -0.39 is 11.8 Å². The van der Waals surface area contributed by atoms with Gasteiger partial charge >= 0.3 is 5.97 Å². The molecule has 4 aromatic rings. The fourth-order valence-electron chi connectivity index (χ4n) is 4.30. The summed E-state index contributed by atoms with van der Waals surface area (Å²) in [5.41, 5.74) is 2.74. The molecule has 3 aromatic heterocycles. The third-order valence-corrected chi connectivity index (χ3v) is 7.22. The maximum absolute atomic E-state index is 14.2. The fourth-order valence-corrected chi connectivity index (χ4v) is 4.79. The van der Waals surface area contributed by atoms with Gasteiger partial charge in [0.1, 0.15) is 28.5 Å². The molecule has 1 aliphatic rings. The van der Waals surface area contributed by atoms with Crippen LogP contribution in [-0.2, 0) is 17.9 Å². The number of nitrogens with zero attached hydrogens (tertiary/aromatic N) is 6. The molecule has 0 unspecified atom stereocenters. The van der Waals surface area contributed by atoms with E-state index in [0.717, 1.165) is 47.9 Å². The number of hydrogen-bond donors (Lipinski definition) is 0. The molecule has 11 heteroatoms. The first-order valence-corrected chi connectivity index (χ1v) is 12.7. The Morgan fingerprint density at radius 3 is 2.68 bits per heavy atom. The van der Waals surface area contributed by atoms with E-state index in [2.05, 4.69) is 30.7 Å². The number of fused-ring (bicyclic) bond motifs is 1. The number of carbonyl (C=O) groups is 1. The van der Waals surface area contributed by atoms with Crippen molar-refractivity contribution in [3.05, 3.63) is 87.5 Å². The molecule has 0 atom stereocenters. The predicted molar refractivity (Wildman–Crippen MR) is 141 cm³/mol. The highest BCUT2D eigenvalue weighted by atomic mass is 79.9. The molecule has 38 heavy (non-hydrogen) atoms. The second-order valence-electron chi connectivity index (χ2n) is 8.79. The van der Waals surface area contributed by atoms with Crippen LogP contribution in [0.5, 0.6) is 5.88 Å². The molecule has 0 amide bonds. The molecule has 0 radical (unpaired) electrons. The topological polar surface area (TPSA) is 96.0 Å². The molecule has 0 saturated carbocycles. The van der Waals surface area contributed by atoms with Gasteiger partial charge in [-0.3, -0.25) is 9.30 Å². The minimum Gasteiger partial charge on any atom is -0.473 e.